The van der Waals surface area contributed by atoms with Gasteiger partial charge < -0.3 is 15.2 Å². The second-order valence-corrected chi connectivity index (χ2v) is 5.87. The molecular weight excluding hydrogens is 326 g/mol. The summed E-state index contributed by atoms with van der Waals surface area (Å²) in [5.41, 5.74) is 1.06. The average molecular weight is 342 g/mol. The molecule has 0 radical (unpaired) electrons. The minimum absolute atomic E-state index is 0.0277. The molecule has 8 heteroatoms. The van der Waals surface area contributed by atoms with Gasteiger partial charge in [-0.1, -0.05) is 12.1 Å². The van der Waals surface area contributed by atoms with Crippen LogP contribution in [0.4, 0.5) is 8.78 Å². The van der Waals surface area contributed by atoms with E-state index in [0.717, 1.165) is 5.01 Å². The van der Waals surface area contributed by atoms with Crippen molar-refractivity contribution in [3.05, 3.63) is 45.9 Å². The van der Waals surface area contributed by atoms with E-state index in [1.807, 2.05) is 6.92 Å². The molecule has 0 bridgehead atoms. The summed E-state index contributed by atoms with van der Waals surface area (Å²) >= 11 is 1.46. The number of nitrogens with one attached hydrogen (secondary N) is 1. The maximum Gasteiger partial charge on any atom is 0.387 e. The fourth-order valence-corrected chi connectivity index (χ4v) is 2.56. The van der Waals surface area contributed by atoms with Crippen molar-refractivity contribution in [3.8, 4) is 5.75 Å². The van der Waals surface area contributed by atoms with Crippen LogP contribution in [0.2, 0.25) is 0 Å². The number of aromatic nitrogens is 1. The third-order valence-corrected chi connectivity index (χ3v) is 3.79. The molecule has 2 rings (SSSR count). The predicted octanol–water partition coefficient (Wildman–Crippen LogP) is 2.45. The molecule has 2 aromatic rings. The fraction of sp³-hybridized carbons (Fsp3) is 0.333. The molecule has 0 fully saturated rings. The highest BCUT2D eigenvalue weighted by Crippen LogP contribution is 2.20. The van der Waals surface area contributed by atoms with Crippen molar-refractivity contribution in [2.75, 3.05) is 6.54 Å². The number of thiazole rings is 1. The Labute approximate surface area is 135 Å². The molecule has 5 nitrogen and oxygen atoms in total. The summed E-state index contributed by atoms with van der Waals surface area (Å²) in [5.74, 6) is -0.310. The summed E-state index contributed by atoms with van der Waals surface area (Å²) in [7, 11) is 0. The summed E-state index contributed by atoms with van der Waals surface area (Å²) in [5, 5.41) is 15.3. The SMILES string of the molecule is Cc1nc(CC(=O)NCC(O)c2cccc(OC(F)F)c2)cs1. The number of aliphatic hydroxyl groups excluding tert-OH is 1. The highest BCUT2D eigenvalue weighted by molar-refractivity contribution is 7.09. The van der Waals surface area contributed by atoms with Gasteiger partial charge in [0.1, 0.15) is 5.75 Å². The van der Waals surface area contributed by atoms with E-state index in [1.165, 1.54) is 29.5 Å². The van der Waals surface area contributed by atoms with Gasteiger partial charge >= 0.3 is 6.61 Å². The van der Waals surface area contributed by atoms with E-state index in [2.05, 4.69) is 15.0 Å². The van der Waals surface area contributed by atoms with Gasteiger partial charge in [-0.2, -0.15) is 8.78 Å². The Morgan fingerprint density at radius 2 is 2.26 bits per heavy atom. The molecule has 1 heterocycles. The average Bonchev–Trinajstić information content (AvgIpc) is 2.89. The zero-order chi connectivity index (χ0) is 16.8. The third-order valence-electron chi connectivity index (χ3n) is 2.97. The molecule has 1 atom stereocenters. The number of aryl methyl sites for hydroxylation is 1. The predicted molar refractivity (Wildman–Crippen MR) is 81.6 cm³/mol. The molecule has 1 amide bonds. The maximum atomic E-state index is 12.2. The van der Waals surface area contributed by atoms with E-state index >= 15 is 0 Å². The van der Waals surface area contributed by atoms with E-state index in [9.17, 15) is 18.7 Å². The zero-order valence-electron chi connectivity index (χ0n) is 12.3. The van der Waals surface area contributed by atoms with Crippen molar-refractivity contribution in [3.63, 3.8) is 0 Å². The van der Waals surface area contributed by atoms with Crippen molar-refractivity contribution < 1.29 is 23.4 Å². The summed E-state index contributed by atoms with van der Waals surface area (Å²) in [6.07, 6.45) is -0.886. The van der Waals surface area contributed by atoms with Gasteiger partial charge in [0.15, 0.2) is 0 Å². The number of aliphatic hydroxyl groups is 1. The quantitative estimate of drug-likeness (QED) is 0.811. The number of hydrogen-bond donors (Lipinski definition) is 2. The Bertz CT molecular complexity index is 664. The number of amides is 1. The molecule has 0 aliphatic rings. The molecular formula is C15H16F2N2O3S. The smallest absolute Gasteiger partial charge is 0.387 e. The van der Waals surface area contributed by atoms with Gasteiger partial charge in [0, 0.05) is 11.9 Å². The first-order valence-electron chi connectivity index (χ1n) is 6.84. The molecule has 0 aliphatic heterocycles. The van der Waals surface area contributed by atoms with Crippen LogP contribution in [0.1, 0.15) is 22.4 Å². The molecule has 1 unspecified atom stereocenters. The number of rotatable bonds is 7. The van der Waals surface area contributed by atoms with Crippen LogP contribution < -0.4 is 10.1 Å². The Morgan fingerprint density at radius 1 is 1.48 bits per heavy atom. The van der Waals surface area contributed by atoms with Crippen LogP contribution in [-0.4, -0.2) is 29.2 Å². The molecule has 0 saturated carbocycles. The lowest BCUT2D eigenvalue weighted by Gasteiger charge is -2.13. The van der Waals surface area contributed by atoms with Gasteiger partial charge in [-0.05, 0) is 24.6 Å². The van der Waals surface area contributed by atoms with Crippen LogP contribution in [0.25, 0.3) is 0 Å². The van der Waals surface area contributed by atoms with Crippen LogP contribution in [-0.2, 0) is 11.2 Å². The zero-order valence-corrected chi connectivity index (χ0v) is 13.1. The van der Waals surface area contributed by atoms with Gasteiger partial charge in [-0.3, -0.25) is 4.79 Å². The van der Waals surface area contributed by atoms with Crippen LogP contribution in [0.15, 0.2) is 29.6 Å². The Balaban J connectivity index is 1.86. The fourth-order valence-electron chi connectivity index (χ4n) is 1.94. The number of halogens is 2. The van der Waals surface area contributed by atoms with Crippen LogP contribution in [0.5, 0.6) is 5.75 Å². The Morgan fingerprint density at radius 3 is 2.91 bits per heavy atom. The first-order chi connectivity index (χ1) is 10.9. The van der Waals surface area contributed by atoms with Gasteiger partial charge in [-0.25, -0.2) is 4.98 Å². The number of nitrogens with zero attached hydrogens (tertiary/aromatic N) is 1. The Hall–Kier alpha value is -2.06. The largest absolute Gasteiger partial charge is 0.435 e. The summed E-state index contributed by atoms with van der Waals surface area (Å²) < 4.78 is 28.6. The lowest BCUT2D eigenvalue weighted by molar-refractivity contribution is -0.120. The molecule has 124 valence electrons. The first-order valence-corrected chi connectivity index (χ1v) is 7.72. The van der Waals surface area contributed by atoms with Crippen LogP contribution in [0.3, 0.4) is 0 Å². The van der Waals surface area contributed by atoms with Crippen LogP contribution >= 0.6 is 11.3 Å². The number of hydrogen-bond acceptors (Lipinski definition) is 5. The number of alkyl halides is 2. The second kappa shape index (κ2) is 7.98. The van der Waals surface area contributed by atoms with Crippen LogP contribution in [0, 0.1) is 6.92 Å². The monoisotopic (exact) mass is 342 g/mol. The molecule has 1 aromatic heterocycles. The van der Waals surface area contributed by atoms with Gasteiger partial charge in [0.25, 0.3) is 0 Å². The van der Waals surface area contributed by atoms with Gasteiger partial charge in [-0.15, -0.1) is 11.3 Å². The van der Waals surface area contributed by atoms with E-state index in [0.29, 0.717) is 11.3 Å². The van der Waals surface area contributed by atoms with E-state index in [-0.39, 0.29) is 24.6 Å². The van der Waals surface area contributed by atoms with Gasteiger partial charge in [0.2, 0.25) is 5.91 Å². The minimum Gasteiger partial charge on any atom is -0.435 e. The van der Waals surface area contributed by atoms with Crippen molar-refractivity contribution in [2.24, 2.45) is 0 Å². The molecule has 0 aliphatic carbocycles. The summed E-state index contributed by atoms with van der Waals surface area (Å²) in [6.45, 7) is -1.10. The van der Waals surface area contributed by atoms with Crippen molar-refractivity contribution in [1.82, 2.24) is 10.3 Å². The first kappa shape index (κ1) is 17.3. The second-order valence-electron chi connectivity index (χ2n) is 4.81. The number of carbonyl (C=O) groups is 1. The van der Waals surface area contributed by atoms with E-state index in [1.54, 1.807) is 11.4 Å². The minimum atomic E-state index is -2.93. The normalized spacial score (nSPS) is 12.2. The topological polar surface area (TPSA) is 71.5 Å². The third kappa shape index (κ3) is 5.57. The number of carbonyl (C=O) groups excluding carboxylic acids is 1. The highest BCUT2D eigenvalue weighted by atomic mass is 32.1. The molecule has 0 saturated heterocycles. The number of benzene rings is 1. The van der Waals surface area contributed by atoms with Crippen molar-refractivity contribution in [1.29, 1.82) is 0 Å². The molecule has 23 heavy (non-hydrogen) atoms. The lowest BCUT2D eigenvalue weighted by Crippen LogP contribution is -2.29. The standard InChI is InChI=1S/C15H16F2N2O3S/c1-9-19-11(8-23-9)6-14(21)18-7-13(20)10-3-2-4-12(5-10)22-15(16)17/h2-5,8,13,15,20H,6-7H2,1H3,(H,18,21). The van der Waals surface area contributed by atoms with Crippen molar-refractivity contribution >= 4 is 17.2 Å². The van der Waals surface area contributed by atoms with Crippen molar-refractivity contribution in [2.45, 2.75) is 26.1 Å². The number of ether oxygens (including phenoxy) is 1. The lowest BCUT2D eigenvalue weighted by atomic mass is 10.1. The molecule has 2 N–H and O–H groups in total. The van der Waals surface area contributed by atoms with E-state index < -0.39 is 12.7 Å². The maximum absolute atomic E-state index is 12.2. The van der Waals surface area contributed by atoms with E-state index in [4.69, 9.17) is 0 Å². The highest BCUT2D eigenvalue weighted by Gasteiger charge is 2.13. The Kier molecular flexibility index (Phi) is 6.00. The molecule has 1 aromatic carbocycles. The van der Waals surface area contributed by atoms with Gasteiger partial charge in [0.05, 0.1) is 23.2 Å². The molecule has 0 spiro atoms. The summed E-state index contributed by atoms with van der Waals surface area (Å²) in [4.78, 5) is 16.0. The summed E-state index contributed by atoms with van der Waals surface area (Å²) in [6, 6.07) is 5.74.